The van der Waals surface area contributed by atoms with Crippen LogP contribution in [0, 0.1) is 5.92 Å². The topological polar surface area (TPSA) is 67.1 Å². The van der Waals surface area contributed by atoms with Crippen LogP contribution in [0.3, 0.4) is 0 Å². The molecule has 2 aliphatic rings. The van der Waals surface area contributed by atoms with Crippen LogP contribution in [0.2, 0.25) is 0 Å². The molecule has 23 heavy (non-hydrogen) atoms. The van der Waals surface area contributed by atoms with E-state index in [-0.39, 0.29) is 24.0 Å². The van der Waals surface area contributed by atoms with Crippen LogP contribution in [0.4, 0.5) is 0 Å². The number of morpholine rings is 1. The van der Waals surface area contributed by atoms with Crippen molar-refractivity contribution in [1.82, 2.24) is 14.3 Å². The predicted octanol–water partition coefficient (Wildman–Crippen LogP) is 1.34. The number of nitrogens with zero attached hydrogens (tertiary/aromatic N) is 3. The van der Waals surface area contributed by atoms with Crippen molar-refractivity contribution >= 4 is 11.6 Å². The first kappa shape index (κ1) is 14.7. The van der Waals surface area contributed by atoms with Gasteiger partial charge in [0.15, 0.2) is 0 Å². The minimum absolute atomic E-state index is 0.00741. The molecule has 6 heteroatoms. The number of ether oxygens (including phenoxy) is 1. The lowest BCUT2D eigenvalue weighted by molar-refractivity contribution is -0.0383. The van der Waals surface area contributed by atoms with E-state index in [9.17, 15) is 9.90 Å². The Bertz CT molecular complexity index is 714. The Balaban J connectivity index is 1.61. The second kappa shape index (κ2) is 5.94. The summed E-state index contributed by atoms with van der Waals surface area (Å²) >= 11 is 0. The third-order valence-electron chi connectivity index (χ3n) is 5.09. The Morgan fingerprint density at radius 2 is 2.26 bits per heavy atom. The number of aromatic nitrogens is 2. The van der Waals surface area contributed by atoms with Gasteiger partial charge < -0.3 is 19.1 Å². The summed E-state index contributed by atoms with van der Waals surface area (Å²) < 4.78 is 7.45. The van der Waals surface area contributed by atoms with Gasteiger partial charge in [0, 0.05) is 31.1 Å². The van der Waals surface area contributed by atoms with Gasteiger partial charge in [-0.3, -0.25) is 4.79 Å². The molecule has 1 aliphatic carbocycles. The molecule has 0 aromatic carbocycles. The van der Waals surface area contributed by atoms with Gasteiger partial charge in [-0.2, -0.15) is 0 Å². The Kier molecular flexibility index (Phi) is 3.79. The first-order valence-corrected chi connectivity index (χ1v) is 8.23. The van der Waals surface area contributed by atoms with Crippen molar-refractivity contribution in [3.63, 3.8) is 0 Å². The summed E-state index contributed by atoms with van der Waals surface area (Å²) in [7, 11) is 0. The van der Waals surface area contributed by atoms with Crippen molar-refractivity contribution in [2.75, 3.05) is 19.8 Å². The quantitative estimate of drug-likeness (QED) is 0.908. The standard InChI is InChI=1S/C17H21N3O3/c21-15-3-1-2-13(15)14-11-23-9-8-20(14)17(22)12-4-5-16-18-6-7-19(16)10-12/h4-7,10,13-15,21H,1-3,8-9,11H2/t13-,14-,15-/m1/s1. The molecule has 3 atom stereocenters. The summed E-state index contributed by atoms with van der Waals surface area (Å²) in [6.07, 6.45) is 7.85. The lowest BCUT2D eigenvalue weighted by atomic mass is 9.94. The predicted molar refractivity (Wildman–Crippen MR) is 84.2 cm³/mol. The molecule has 122 valence electrons. The number of rotatable bonds is 2. The number of carbonyl (C=O) groups is 1. The first-order valence-electron chi connectivity index (χ1n) is 8.23. The Hall–Kier alpha value is -1.92. The molecule has 3 heterocycles. The fraction of sp³-hybridized carbons (Fsp3) is 0.529. The van der Waals surface area contributed by atoms with Crippen LogP contribution < -0.4 is 0 Å². The highest BCUT2D eigenvalue weighted by Gasteiger charge is 2.39. The monoisotopic (exact) mass is 315 g/mol. The van der Waals surface area contributed by atoms with Crippen molar-refractivity contribution in [2.24, 2.45) is 5.92 Å². The van der Waals surface area contributed by atoms with Crippen LogP contribution in [0.5, 0.6) is 0 Å². The zero-order valence-corrected chi connectivity index (χ0v) is 13.0. The summed E-state index contributed by atoms with van der Waals surface area (Å²) in [5.41, 5.74) is 1.47. The zero-order valence-electron chi connectivity index (χ0n) is 13.0. The molecular weight excluding hydrogens is 294 g/mol. The van der Waals surface area contributed by atoms with Gasteiger partial charge >= 0.3 is 0 Å². The van der Waals surface area contributed by atoms with Crippen LogP contribution in [-0.2, 0) is 4.74 Å². The van der Waals surface area contributed by atoms with Crippen molar-refractivity contribution in [3.05, 3.63) is 36.3 Å². The number of amides is 1. The smallest absolute Gasteiger partial charge is 0.255 e. The maximum absolute atomic E-state index is 13.0. The van der Waals surface area contributed by atoms with Gasteiger partial charge in [0.1, 0.15) is 5.65 Å². The number of carbonyl (C=O) groups excluding carboxylic acids is 1. The van der Waals surface area contributed by atoms with E-state index in [0.717, 1.165) is 24.9 Å². The molecular formula is C17H21N3O3. The molecule has 2 aromatic heterocycles. The molecule has 1 amide bonds. The molecule has 1 saturated heterocycles. The van der Waals surface area contributed by atoms with E-state index in [2.05, 4.69) is 4.98 Å². The third-order valence-corrected chi connectivity index (χ3v) is 5.09. The Labute approximate surface area is 134 Å². The lowest BCUT2D eigenvalue weighted by Gasteiger charge is -2.40. The second-order valence-electron chi connectivity index (χ2n) is 6.41. The molecule has 0 spiro atoms. The highest BCUT2D eigenvalue weighted by molar-refractivity contribution is 5.94. The number of hydrogen-bond acceptors (Lipinski definition) is 4. The second-order valence-corrected chi connectivity index (χ2v) is 6.41. The highest BCUT2D eigenvalue weighted by atomic mass is 16.5. The average molecular weight is 315 g/mol. The van der Waals surface area contributed by atoms with Gasteiger partial charge in [0.05, 0.1) is 30.9 Å². The summed E-state index contributed by atoms with van der Waals surface area (Å²) in [4.78, 5) is 19.1. The van der Waals surface area contributed by atoms with E-state index >= 15 is 0 Å². The Morgan fingerprint density at radius 1 is 1.35 bits per heavy atom. The summed E-state index contributed by atoms with van der Waals surface area (Å²) in [5, 5.41) is 10.2. The fourth-order valence-electron chi connectivity index (χ4n) is 3.86. The highest BCUT2D eigenvalue weighted by Crippen LogP contribution is 2.32. The van der Waals surface area contributed by atoms with E-state index in [1.54, 1.807) is 6.20 Å². The van der Waals surface area contributed by atoms with Crippen LogP contribution in [0.1, 0.15) is 29.6 Å². The number of aliphatic hydroxyl groups excluding tert-OH is 1. The molecule has 1 saturated carbocycles. The number of aliphatic hydroxyl groups is 1. The van der Waals surface area contributed by atoms with E-state index in [4.69, 9.17) is 4.74 Å². The number of imidazole rings is 1. The van der Waals surface area contributed by atoms with E-state index < -0.39 is 0 Å². The van der Waals surface area contributed by atoms with E-state index in [1.807, 2.05) is 33.8 Å². The Morgan fingerprint density at radius 3 is 3.09 bits per heavy atom. The van der Waals surface area contributed by atoms with Crippen molar-refractivity contribution < 1.29 is 14.6 Å². The zero-order chi connectivity index (χ0) is 15.8. The molecule has 4 rings (SSSR count). The number of pyridine rings is 1. The fourth-order valence-corrected chi connectivity index (χ4v) is 3.86. The van der Waals surface area contributed by atoms with Crippen molar-refractivity contribution in [1.29, 1.82) is 0 Å². The first-order chi connectivity index (χ1) is 11.2. The van der Waals surface area contributed by atoms with Gasteiger partial charge in [-0.05, 0) is 25.0 Å². The van der Waals surface area contributed by atoms with Gasteiger partial charge in [-0.15, -0.1) is 0 Å². The third kappa shape index (κ3) is 2.62. The summed E-state index contributed by atoms with van der Waals surface area (Å²) in [5.74, 6) is 0.129. The molecule has 1 aliphatic heterocycles. The minimum Gasteiger partial charge on any atom is -0.393 e. The molecule has 2 aromatic rings. The number of fused-ring (bicyclic) bond motifs is 1. The molecule has 6 nitrogen and oxygen atoms in total. The molecule has 0 unspecified atom stereocenters. The molecule has 0 bridgehead atoms. The van der Waals surface area contributed by atoms with Gasteiger partial charge in [0.25, 0.3) is 5.91 Å². The van der Waals surface area contributed by atoms with Gasteiger partial charge in [-0.25, -0.2) is 4.98 Å². The largest absolute Gasteiger partial charge is 0.393 e. The van der Waals surface area contributed by atoms with E-state index in [1.165, 1.54) is 0 Å². The van der Waals surface area contributed by atoms with Crippen LogP contribution in [0.25, 0.3) is 5.65 Å². The van der Waals surface area contributed by atoms with Crippen LogP contribution >= 0.6 is 0 Å². The summed E-state index contributed by atoms with van der Waals surface area (Å²) in [6, 6.07) is 3.64. The van der Waals surface area contributed by atoms with Crippen molar-refractivity contribution in [3.8, 4) is 0 Å². The van der Waals surface area contributed by atoms with Crippen molar-refractivity contribution in [2.45, 2.75) is 31.4 Å². The SMILES string of the molecule is O=C(c1ccc2nccn2c1)N1CCOC[C@@H]1[C@H]1CCC[C@H]1O. The molecule has 1 N–H and O–H groups in total. The maximum atomic E-state index is 13.0. The maximum Gasteiger partial charge on any atom is 0.255 e. The average Bonchev–Trinajstić information content (AvgIpc) is 3.22. The normalized spacial score (nSPS) is 28.4. The molecule has 2 fully saturated rings. The minimum atomic E-state index is -0.326. The lowest BCUT2D eigenvalue weighted by Crippen LogP contribution is -2.53. The van der Waals surface area contributed by atoms with Crippen LogP contribution in [-0.4, -0.2) is 57.2 Å². The molecule has 0 radical (unpaired) electrons. The van der Waals surface area contributed by atoms with E-state index in [0.29, 0.717) is 25.3 Å². The van der Waals surface area contributed by atoms with Gasteiger partial charge in [0.2, 0.25) is 0 Å². The van der Waals surface area contributed by atoms with Crippen LogP contribution in [0.15, 0.2) is 30.7 Å². The number of hydrogen-bond donors (Lipinski definition) is 1. The summed E-state index contributed by atoms with van der Waals surface area (Å²) in [6.45, 7) is 1.65. The van der Waals surface area contributed by atoms with Gasteiger partial charge in [-0.1, -0.05) is 6.42 Å².